The summed E-state index contributed by atoms with van der Waals surface area (Å²) >= 11 is 5.48. The van der Waals surface area contributed by atoms with Crippen molar-refractivity contribution in [3.8, 4) is 12.3 Å². The van der Waals surface area contributed by atoms with Gasteiger partial charge in [0.15, 0.2) is 5.69 Å². The maximum absolute atomic E-state index is 12.2. The van der Waals surface area contributed by atoms with Crippen molar-refractivity contribution >= 4 is 11.6 Å². The molecular weight excluding hydrogens is 205 g/mol. The van der Waals surface area contributed by atoms with E-state index < -0.39 is 17.4 Å². The Hall–Kier alpha value is -1.15. The minimum absolute atomic E-state index is 0.185. The average Bonchev–Trinajstić information content (AvgIpc) is 2.28. The molecule has 0 bridgehead atoms. The lowest BCUT2D eigenvalue weighted by Gasteiger charge is -2.01. The zero-order chi connectivity index (χ0) is 10.2. The molecule has 0 fully saturated rings. The number of terminal acetylenes is 1. The highest BCUT2D eigenvalue weighted by Crippen LogP contribution is 2.33. The second-order valence-electron chi connectivity index (χ2n) is 2.28. The standard InChI is InChI=1S/C7H4ClF3N2/c1-3-4-5(7(9,10)11)12-13(2)6(4)8/h1H,2H3. The highest BCUT2D eigenvalue weighted by atomic mass is 35.5. The number of hydrogen-bond donors (Lipinski definition) is 0. The molecule has 0 aliphatic heterocycles. The van der Waals surface area contributed by atoms with Crippen LogP contribution in [0.5, 0.6) is 0 Å². The van der Waals surface area contributed by atoms with Crippen LogP contribution in [0.4, 0.5) is 13.2 Å². The zero-order valence-electron chi connectivity index (χ0n) is 6.48. The number of aryl methyl sites for hydroxylation is 1. The van der Waals surface area contributed by atoms with Gasteiger partial charge in [0.1, 0.15) is 5.15 Å². The summed E-state index contributed by atoms with van der Waals surface area (Å²) in [6.07, 6.45) is 0.311. The number of alkyl halides is 3. The second kappa shape index (κ2) is 2.96. The summed E-state index contributed by atoms with van der Waals surface area (Å²) in [6, 6.07) is 0. The molecule has 0 atom stereocenters. The predicted octanol–water partition coefficient (Wildman–Crippen LogP) is 2.07. The van der Waals surface area contributed by atoms with Crippen molar-refractivity contribution < 1.29 is 13.2 Å². The Bertz CT molecular complexity index is 372. The van der Waals surface area contributed by atoms with E-state index in [1.165, 1.54) is 7.05 Å². The molecule has 0 spiro atoms. The van der Waals surface area contributed by atoms with E-state index in [1.54, 1.807) is 0 Å². The van der Waals surface area contributed by atoms with Gasteiger partial charge in [-0.15, -0.1) is 6.42 Å². The largest absolute Gasteiger partial charge is 0.436 e. The normalized spacial score (nSPS) is 11.4. The lowest BCUT2D eigenvalue weighted by Crippen LogP contribution is -2.08. The van der Waals surface area contributed by atoms with Gasteiger partial charge in [0.2, 0.25) is 0 Å². The lowest BCUT2D eigenvalue weighted by atomic mass is 10.2. The molecule has 2 nitrogen and oxygen atoms in total. The van der Waals surface area contributed by atoms with E-state index in [4.69, 9.17) is 18.0 Å². The average molecular weight is 209 g/mol. The van der Waals surface area contributed by atoms with Crippen molar-refractivity contribution in [2.24, 2.45) is 7.05 Å². The van der Waals surface area contributed by atoms with Crippen LogP contribution in [0.2, 0.25) is 5.15 Å². The molecule has 13 heavy (non-hydrogen) atoms. The van der Waals surface area contributed by atoms with Gasteiger partial charge in [0.05, 0.1) is 5.56 Å². The van der Waals surface area contributed by atoms with Gasteiger partial charge in [-0.25, -0.2) is 0 Å². The van der Waals surface area contributed by atoms with Crippen LogP contribution in [0, 0.1) is 12.3 Å². The fourth-order valence-electron chi connectivity index (χ4n) is 0.830. The van der Waals surface area contributed by atoms with Gasteiger partial charge in [-0.05, 0) is 0 Å². The van der Waals surface area contributed by atoms with Crippen molar-refractivity contribution in [1.29, 1.82) is 0 Å². The van der Waals surface area contributed by atoms with Crippen molar-refractivity contribution in [2.45, 2.75) is 6.18 Å². The van der Waals surface area contributed by atoms with Crippen molar-refractivity contribution in [2.75, 3.05) is 0 Å². The first-order valence-electron chi connectivity index (χ1n) is 3.14. The van der Waals surface area contributed by atoms with Crippen LogP contribution in [0.3, 0.4) is 0 Å². The van der Waals surface area contributed by atoms with E-state index >= 15 is 0 Å². The molecule has 1 aromatic rings. The molecule has 1 heterocycles. The summed E-state index contributed by atoms with van der Waals surface area (Å²) in [6.45, 7) is 0. The molecule has 0 saturated carbocycles. The molecule has 1 aromatic heterocycles. The van der Waals surface area contributed by atoms with Crippen molar-refractivity contribution in [1.82, 2.24) is 9.78 Å². The van der Waals surface area contributed by atoms with Crippen molar-refractivity contribution in [3.63, 3.8) is 0 Å². The summed E-state index contributed by atoms with van der Waals surface area (Å²) in [7, 11) is 1.29. The Kier molecular flexibility index (Phi) is 2.26. The first kappa shape index (κ1) is 9.93. The second-order valence-corrected chi connectivity index (χ2v) is 2.64. The first-order chi connectivity index (χ1) is 5.88. The molecule has 0 radical (unpaired) electrons. The number of halogens is 4. The van der Waals surface area contributed by atoms with Crippen LogP contribution in [0.1, 0.15) is 11.3 Å². The molecule has 0 amide bonds. The van der Waals surface area contributed by atoms with Gasteiger partial charge < -0.3 is 0 Å². The third-order valence-corrected chi connectivity index (χ3v) is 1.82. The number of hydrogen-bond acceptors (Lipinski definition) is 1. The zero-order valence-corrected chi connectivity index (χ0v) is 7.24. The number of rotatable bonds is 0. The Labute approximate surface area is 77.3 Å². The molecule has 70 valence electrons. The van der Waals surface area contributed by atoms with Crippen LogP contribution in [0.15, 0.2) is 0 Å². The van der Waals surface area contributed by atoms with Crippen molar-refractivity contribution in [3.05, 3.63) is 16.4 Å². The molecule has 1 rings (SSSR count). The van der Waals surface area contributed by atoms with Gasteiger partial charge in [-0.1, -0.05) is 17.5 Å². The van der Waals surface area contributed by atoms with Gasteiger partial charge in [-0.3, -0.25) is 4.68 Å². The summed E-state index contributed by atoms with van der Waals surface area (Å²) in [4.78, 5) is 0. The smallest absolute Gasteiger partial charge is 0.255 e. The summed E-state index contributed by atoms with van der Waals surface area (Å²) in [5, 5.41) is 2.98. The van der Waals surface area contributed by atoms with Crippen LogP contribution in [-0.4, -0.2) is 9.78 Å². The summed E-state index contributed by atoms with van der Waals surface area (Å²) in [5.74, 6) is 1.86. The minimum atomic E-state index is -4.56. The third-order valence-electron chi connectivity index (χ3n) is 1.39. The third kappa shape index (κ3) is 1.63. The Morgan fingerprint density at radius 2 is 2.08 bits per heavy atom. The highest BCUT2D eigenvalue weighted by Gasteiger charge is 2.38. The Balaban J connectivity index is 3.41. The predicted molar refractivity (Wildman–Crippen MR) is 41.2 cm³/mol. The molecule has 0 unspecified atom stereocenters. The van der Waals surface area contributed by atoms with E-state index in [9.17, 15) is 13.2 Å². The Morgan fingerprint density at radius 1 is 1.54 bits per heavy atom. The summed E-state index contributed by atoms with van der Waals surface area (Å²) < 4.78 is 37.5. The lowest BCUT2D eigenvalue weighted by molar-refractivity contribution is -0.141. The van der Waals surface area contributed by atoms with E-state index in [-0.39, 0.29) is 5.15 Å². The maximum atomic E-state index is 12.2. The molecule has 6 heteroatoms. The minimum Gasteiger partial charge on any atom is -0.255 e. The SMILES string of the molecule is C#Cc1c(C(F)(F)F)nn(C)c1Cl. The van der Waals surface area contributed by atoms with E-state index in [1.807, 2.05) is 5.92 Å². The monoisotopic (exact) mass is 208 g/mol. The van der Waals surface area contributed by atoms with E-state index in [2.05, 4.69) is 5.10 Å². The van der Waals surface area contributed by atoms with Crippen LogP contribution in [0.25, 0.3) is 0 Å². The molecule has 0 saturated heterocycles. The molecule has 0 aromatic carbocycles. The molecule has 0 aliphatic rings. The number of nitrogens with zero attached hydrogens (tertiary/aromatic N) is 2. The molecule has 0 N–H and O–H groups in total. The molecular formula is C7H4ClF3N2. The number of aromatic nitrogens is 2. The topological polar surface area (TPSA) is 17.8 Å². The molecule has 0 aliphatic carbocycles. The van der Waals surface area contributed by atoms with Crippen LogP contribution in [-0.2, 0) is 13.2 Å². The van der Waals surface area contributed by atoms with Gasteiger partial charge in [-0.2, -0.15) is 18.3 Å². The van der Waals surface area contributed by atoms with Crippen LogP contribution < -0.4 is 0 Å². The highest BCUT2D eigenvalue weighted by molar-refractivity contribution is 6.30. The van der Waals surface area contributed by atoms with E-state index in [0.29, 0.717) is 0 Å². The Morgan fingerprint density at radius 3 is 2.38 bits per heavy atom. The van der Waals surface area contributed by atoms with Gasteiger partial charge in [0.25, 0.3) is 0 Å². The fraction of sp³-hybridized carbons (Fsp3) is 0.286. The maximum Gasteiger partial charge on any atom is 0.436 e. The quantitative estimate of drug-likeness (QED) is 0.597. The van der Waals surface area contributed by atoms with Crippen LogP contribution >= 0.6 is 11.6 Å². The fourth-order valence-corrected chi connectivity index (χ4v) is 1.01. The van der Waals surface area contributed by atoms with E-state index in [0.717, 1.165) is 4.68 Å². The van der Waals surface area contributed by atoms with Gasteiger partial charge in [0, 0.05) is 7.05 Å². The summed E-state index contributed by atoms with van der Waals surface area (Å²) in [5.41, 5.74) is -1.54. The van der Waals surface area contributed by atoms with Gasteiger partial charge >= 0.3 is 6.18 Å². The first-order valence-corrected chi connectivity index (χ1v) is 3.52.